The fourth-order valence-electron chi connectivity index (χ4n) is 10.7. The van der Waals surface area contributed by atoms with Crippen molar-refractivity contribution in [2.75, 3.05) is 39.6 Å². The average Bonchev–Trinajstić information content (AvgIpc) is 1.84. The first-order chi connectivity index (χ1) is 44.7. The molecule has 0 aromatic heterocycles. The van der Waals surface area contributed by atoms with E-state index in [4.69, 9.17) is 37.0 Å². The Morgan fingerprint density at radius 2 is 0.581 bits per heavy atom. The van der Waals surface area contributed by atoms with Crippen LogP contribution in [0.4, 0.5) is 0 Å². The van der Waals surface area contributed by atoms with Gasteiger partial charge in [-0.2, -0.15) is 0 Å². The third kappa shape index (κ3) is 67.9. The number of allylic oxidation sites excluding steroid dienone is 4. The van der Waals surface area contributed by atoms with Crippen molar-refractivity contribution in [2.24, 2.45) is 17.8 Å². The van der Waals surface area contributed by atoms with Gasteiger partial charge in [-0.15, -0.1) is 0 Å². The molecule has 5 atom stereocenters. The molecule has 0 rings (SSSR count). The Morgan fingerprint density at radius 3 is 0.871 bits per heavy atom. The van der Waals surface area contributed by atoms with Gasteiger partial charge >= 0.3 is 39.5 Å². The van der Waals surface area contributed by atoms with E-state index in [1.807, 2.05) is 0 Å². The van der Waals surface area contributed by atoms with E-state index in [1.165, 1.54) is 141 Å². The summed E-state index contributed by atoms with van der Waals surface area (Å²) >= 11 is 0. The molecule has 2 unspecified atom stereocenters. The van der Waals surface area contributed by atoms with Gasteiger partial charge in [-0.05, 0) is 69.1 Å². The lowest BCUT2D eigenvalue weighted by Gasteiger charge is -2.21. The highest BCUT2D eigenvalue weighted by atomic mass is 31.2. The van der Waals surface area contributed by atoms with Crippen molar-refractivity contribution in [1.29, 1.82) is 0 Å². The second-order valence-electron chi connectivity index (χ2n) is 27.4. The molecule has 0 bridgehead atoms. The number of rotatable bonds is 70. The average molecular weight is 1360 g/mol. The van der Waals surface area contributed by atoms with Crippen LogP contribution in [0.1, 0.15) is 350 Å². The van der Waals surface area contributed by atoms with E-state index in [2.05, 4.69) is 72.8 Å². The number of unbranched alkanes of at least 4 members (excludes halogenated alkanes) is 35. The number of phosphoric acid groups is 2. The largest absolute Gasteiger partial charge is 0.472 e. The van der Waals surface area contributed by atoms with Crippen LogP contribution in [0, 0.1) is 17.8 Å². The molecule has 93 heavy (non-hydrogen) atoms. The van der Waals surface area contributed by atoms with Crippen molar-refractivity contribution < 1.29 is 80.2 Å². The number of hydrogen-bond donors (Lipinski definition) is 3. The van der Waals surface area contributed by atoms with Gasteiger partial charge in [0.1, 0.15) is 19.3 Å². The molecule has 0 spiro atoms. The molecule has 0 saturated heterocycles. The number of esters is 4. The quantitative estimate of drug-likeness (QED) is 0.0169. The molecule has 0 aromatic rings. The van der Waals surface area contributed by atoms with Gasteiger partial charge in [0.15, 0.2) is 12.2 Å². The summed E-state index contributed by atoms with van der Waals surface area (Å²) in [4.78, 5) is 72.6. The minimum atomic E-state index is -4.96. The first-order valence-electron chi connectivity index (χ1n) is 37.7. The van der Waals surface area contributed by atoms with Gasteiger partial charge in [0.05, 0.1) is 26.4 Å². The van der Waals surface area contributed by atoms with E-state index in [1.54, 1.807) is 0 Å². The predicted molar refractivity (Wildman–Crippen MR) is 377 cm³/mol. The minimum Gasteiger partial charge on any atom is -0.462 e. The molecule has 0 radical (unpaired) electrons. The number of aliphatic hydroxyl groups excluding tert-OH is 1. The number of carbonyl (C=O) groups is 4. The molecular formula is C74H140O17P2. The highest BCUT2D eigenvalue weighted by molar-refractivity contribution is 7.47. The lowest BCUT2D eigenvalue weighted by molar-refractivity contribution is -0.161. The zero-order valence-electron chi connectivity index (χ0n) is 60.2. The Kier molecular flexibility index (Phi) is 62.5. The van der Waals surface area contributed by atoms with Gasteiger partial charge in [0.2, 0.25) is 0 Å². The molecule has 19 heteroatoms. The number of hydrogen-bond acceptors (Lipinski definition) is 15. The summed E-state index contributed by atoms with van der Waals surface area (Å²) in [5, 5.41) is 10.6. The van der Waals surface area contributed by atoms with Crippen molar-refractivity contribution in [1.82, 2.24) is 0 Å². The SMILES string of the molecule is CCCCCC/C=C\C=C/CCCCCCCC(=O)O[C@H](COC(=O)CCCCCCCCCCCCCCCCCCC(C)C)COP(=O)(O)OC[C@@H](O)COP(=O)(O)OC[C@@H](COC(=O)CCCCCCCCC(C)C)OC(=O)CCCCCCCCCC(C)C. The van der Waals surface area contributed by atoms with Gasteiger partial charge in [-0.3, -0.25) is 37.3 Å². The molecule has 3 N–H and O–H groups in total. The molecule has 548 valence electrons. The first-order valence-corrected chi connectivity index (χ1v) is 40.7. The predicted octanol–water partition coefficient (Wildman–Crippen LogP) is 21.0. The van der Waals surface area contributed by atoms with Crippen molar-refractivity contribution in [3.63, 3.8) is 0 Å². The Balaban J connectivity index is 5.23. The Hall–Kier alpha value is -2.46. The summed E-state index contributed by atoms with van der Waals surface area (Å²) in [6.45, 7) is 11.7. The first kappa shape index (κ1) is 90.5. The highest BCUT2D eigenvalue weighted by Gasteiger charge is 2.30. The number of aliphatic hydroxyl groups is 1. The maximum Gasteiger partial charge on any atom is 0.472 e. The van der Waals surface area contributed by atoms with Crippen LogP contribution in [0.3, 0.4) is 0 Å². The van der Waals surface area contributed by atoms with Gasteiger partial charge < -0.3 is 33.8 Å². The van der Waals surface area contributed by atoms with E-state index in [9.17, 15) is 43.2 Å². The van der Waals surface area contributed by atoms with Crippen LogP contribution in [0.5, 0.6) is 0 Å². The fraction of sp³-hybridized carbons (Fsp3) is 0.892. The van der Waals surface area contributed by atoms with Crippen molar-refractivity contribution in [3.05, 3.63) is 24.3 Å². The molecule has 0 amide bonds. The second-order valence-corrected chi connectivity index (χ2v) is 30.3. The zero-order chi connectivity index (χ0) is 68.7. The Bertz CT molecular complexity index is 1910. The van der Waals surface area contributed by atoms with Gasteiger partial charge in [0.25, 0.3) is 0 Å². The van der Waals surface area contributed by atoms with E-state index < -0.39 is 97.5 Å². The van der Waals surface area contributed by atoms with Crippen LogP contribution in [-0.4, -0.2) is 96.7 Å². The number of ether oxygens (including phenoxy) is 4. The maximum absolute atomic E-state index is 13.1. The van der Waals surface area contributed by atoms with Crippen LogP contribution in [0.25, 0.3) is 0 Å². The topological polar surface area (TPSA) is 237 Å². The molecule has 0 saturated carbocycles. The fourth-order valence-corrected chi connectivity index (χ4v) is 12.3. The lowest BCUT2D eigenvalue weighted by atomic mass is 10.0. The van der Waals surface area contributed by atoms with Crippen LogP contribution >= 0.6 is 15.6 Å². The second kappa shape index (κ2) is 64.2. The van der Waals surface area contributed by atoms with E-state index in [0.29, 0.717) is 37.5 Å². The Labute approximate surface area is 567 Å². The normalized spacial score (nSPS) is 14.3. The van der Waals surface area contributed by atoms with Crippen LogP contribution < -0.4 is 0 Å². The molecule has 17 nitrogen and oxygen atoms in total. The highest BCUT2D eigenvalue weighted by Crippen LogP contribution is 2.45. The minimum absolute atomic E-state index is 0.0848. The number of phosphoric ester groups is 2. The third-order valence-corrected chi connectivity index (χ3v) is 18.4. The summed E-state index contributed by atoms with van der Waals surface area (Å²) in [5.74, 6) is 0.0260. The van der Waals surface area contributed by atoms with Crippen LogP contribution in [0.2, 0.25) is 0 Å². The van der Waals surface area contributed by atoms with E-state index in [-0.39, 0.29) is 25.7 Å². The van der Waals surface area contributed by atoms with Crippen molar-refractivity contribution >= 4 is 39.5 Å². The summed E-state index contributed by atoms with van der Waals surface area (Å²) in [5.41, 5.74) is 0. The van der Waals surface area contributed by atoms with Crippen molar-refractivity contribution in [2.45, 2.75) is 369 Å². The molecule has 0 aromatic carbocycles. The summed E-state index contributed by atoms with van der Waals surface area (Å²) in [6, 6.07) is 0. The molecule has 0 aliphatic rings. The summed E-state index contributed by atoms with van der Waals surface area (Å²) in [7, 11) is -9.92. The van der Waals surface area contributed by atoms with Gasteiger partial charge in [-0.1, -0.05) is 297 Å². The summed E-state index contributed by atoms with van der Waals surface area (Å²) in [6.07, 6.45) is 52.5. The smallest absolute Gasteiger partial charge is 0.462 e. The van der Waals surface area contributed by atoms with E-state index >= 15 is 0 Å². The monoisotopic (exact) mass is 1360 g/mol. The van der Waals surface area contributed by atoms with Gasteiger partial charge in [0, 0.05) is 25.7 Å². The third-order valence-electron chi connectivity index (χ3n) is 16.5. The molecule has 0 heterocycles. The zero-order valence-corrected chi connectivity index (χ0v) is 62.0. The van der Waals surface area contributed by atoms with Crippen molar-refractivity contribution in [3.8, 4) is 0 Å². The molecule has 0 aliphatic carbocycles. The Morgan fingerprint density at radius 1 is 0.333 bits per heavy atom. The molecule has 0 fully saturated rings. The lowest BCUT2D eigenvalue weighted by Crippen LogP contribution is -2.30. The van der Waals surface area contributed by atoms with Gasteiger partial charge in [-0.25, -0.2) is 9.13 Å². The summed E-state index contributed by atoms with van der Waals surface area (Å²) < 4.78 is 68.3. The van der Waals surface area contributed by atoms with E-state index in [0.717, 1.165) is 115 Å². The molecular weight excluding hydrogens is 1220 g/mol. The molecule has 0 aliphatic heterocycles. The van der Waals surface area contributed by atoms with Crippen LogP contribution in [0.15, 0.2) is 24.3 Å². The number of carbonyl (C=O) groups excluding carboxylic acids is 4. The standard InChI is InChI=1S/C74H140O17P2/c1-8-9-10-11-12-13-14-15-18-23-26-29-34-43-50-57-73(78)90-69(61-84-71(76)55-48-41-33-28-25-22-20-17-16-19-21-24-27-31-38-45-52-65(2)3)63-88-92(80,81)86-59-68(75)60-87-93(82,83)89-64-70(62-85-72(77)56-49-42-37-36-40-47-54-67(6)7)91-74(79)58-51-44-35-30-32-39-46-53-66(4)5/h13-15,18,65-70,75H,8-12,16-17,19-64H2,1-7H3,(H,80,81)(H,82,83)/b14-13-,18-15-/t68-,69-,70-/m1/s1. The van der Waals surface area contributed by atoms with Crippen LogP contribution in [-0.2, 0) is 65.4 Å². The maximum atomic E-state index is 13.1.